The summed E-state index contributed by atoms with van der Waals surface area (Å²) in [7, 11) is 0. The second-order valence-corrected chi connectivity index (χ2v) is 2.23. The summed E-state index contributed by atoms with van der Waals surface area (Å²) < 4.78 is 0. The minimum Gasteiger partial charge on any atom is -0.346 e. The molecule has 0 saturated carbocycles. The molecule has 1 radical (unpaired) electrons. The Balaban J connectivity index is 0.000000640. The zero-order valence-corrected chi connectivity index (χ0v) is 8.61. The van der Waals surface area contributed by atoms with Crippen LogP contribution in [0, 0.1) is 13.3 Å². The molecule has 1 atom stereocenters. The van der Waals surface area contributed by atoms with Crippen LogP contribution in [0.4, 0.5) is 0 Å². The summed E-state index contributed by atoms with van der Waals surface area (Å²) in [5.41, 5.74) is 0. The Morgan fingerprint density at radius 2 is 2.44 bits per heavy atom. The van der Waals surface area contributed by atoms with Gasteiger partial charge in [-0.25, -0.2) is 0 Å². The van der Waals surface area contributed by atoms with Gasteiger partial charge in [-0.3, -0.25) is 0 Å². The van der Waals surface area contributed by atoms with Crippen molar-refractivity contribution in [2.45, 2.75) is 25.3 Å². The van der Waals surface area contributed by atoms with Gasteiger partial charge < -0.3 is 18.7 Å². The first-order valence-electron chi connectivity index (χ1n) is 3.29. The van der Waals surface area contributed by atoms with Gasteiger partial charge in [0.2, 0.25) is 0 Å². The van der Waals surface area contributed by atoms with Crippen LogP contribution in [0.25, 0.3) is 0 Å². The molecule has 0 aromatic rings. The molecule has 1 nitrogen and oxygen atoms in total. The monoisotopic (exact) mass is 200 g/mol. The molecule has 0 bridgehead atoms. The molecule has 2 heteroatoms. The molecule has 0 amide bonds. The summed E-state index contributed by atoms with van der Waals surface area (Å²) >= 11 is 0. The Morgan fingerprint density at radius 3 is 2.89 bits per heavy atom. The van der Waals surface area contributed by atoms with Gasteiger partial charge in [-0.2, -0.15) is 12.8 Å². The Morgan fingerprint density at radius 1 is 1.67 bits per heavy atom. The van der Waals surface area contributed by atoms with Crippen LogP contribution in [0.15, 0.2) is 0 Å². The molecule has 1 N–H and O–H groups in total. The molecular formula is C7H13NY-2. The van der Waals surface area contributed by atoms with E-state index in [1.54, 1.807) is 0 Å². The average Bonchev–Trinajstić information content (AvgIpc) is 2.19. The number of hydrogen-bond donors (Lipinski definition) is 1. The maximum atomic E-state index is 3.79. The van der Waals surface area contributed by atoms with E-state index in [0.29, 0.717) is 6.04 Å². The average molecular weight is 200 g/mol. The van der Waals surface area contributed by atoms with Crippen LogP contribution in [-0.2, 0) is 32.7 Å². The molecule has 1 aliphatic heterocycles. The van der Waals surface area contributed by atoms with Crippen molar-refractivity contribution in [2.24, 2.45) is 0 Å². The predicted molar refractivity (Wildman–Crippen MR) is 35.3 cm³/mol. The van der Waals surface area contributed by atoms with Gasteiger partial charge in [0.25, 0.3) is 0 Å². The van der Waals surface area contributed by atoms with Crippen LogP contribution >= 0.6 is 0 Å². The molecule has 1 aliphatic rings. The normalized spacial score (nSPS) is 25.7. The van der Waals surface area contributed by atoms with Crippen LogP contribution in [-0.4, -0.2) is 12.6 Å². The maximum Gasteiger partial charge on any atom is 0 e. The van der Waals surface area contributed by atoms with Crippen molar-refractivity contribution >= 4 is 0 Å². The summed E-state index contributed by atoms with van der Waals surface area (Å²) in [4.78, 5) is 0. The van der Waals surface area contributed by atoms with E-state index < -0.39 is 0 Å². The first-order valence-corrected chi connectivity index (χ1v) is 3.29. The van der Waals surface area contributed by atoms with Crippen LogP contribution in [0.1, 0.15) is 19.3 Å². The molecule has 0 aromatic carbocycles. The molecule has 1 rings (SSSR count). The molecule has 1 heterocycles. The largest absolute Gasteiger partial charge is 0.346 e. The van der Waals surface area contributed by atoms with Gasteiger partial charge in [-0.05, 0) is 6.54 Å². The third kappa shape index (κ3) is 3.69. The SMILES string of the molecule is [CH2-]CCC1[CH-]CCN1.[Y]. The fourth-order valence-corrected chi connectivity index (χ4v) is 1.08. The van der Waals surface area contributed by atoms with Crippen LogP contribution in [0.3, 0.4) is 0 Å². The third-order valence-electron chi connectivity index (χ3n) is 1.52. The van der Waals surface area contributed by atoms with Crippen molar-refractivity contribution in [3.05, 3.63) is 13.3 Å². The zero-order chi connectivity index (χ0) is 5.82. The van der Waals surface area contributed by atoms with E-state index in [-0.39, 0.29) is 32.7 Å². The topological polar surface area (TPSA) is 12.0 Å². The molecule has 0 aliphatic carbocycles. The Kier molecular flexibility index (Phi) is 6.51. The smallest absolute Gasteiger partial charge is 0 e. The van der Waals surface area contributed by atoms with E-state index in [4.69, 9.17) is 0 Å². The minimum atomic E-state index is 0. The first-order chi connectivity index (χ1) is 3.93. The molecule has 9 heavy (non-hydrogen) atoms. The molecular weight excluding hydrogens is 187 g/mol. The van der Waals surface area contributed by atoms with Crippen molar-refractivity contribution in [3.8, 4) is 0 Å². The van der Waals surface area contributed by atoms with E-state index in [9.17, 15) is 0 Å². The van der Waals surface area contributed by atoms with Crippen molar-refractivity contribution in [1.29, 1.82) is 0 Å². The van der Waals surface area contributed by atoms with Gasteiger partial charge in [0.15, 0.2) is 0 Å². The van der Waals surface area contributed by atoms with Crippen LogP contribution in [0.2, 0.25) is 0 Å². The summed E-state index contributed by atoms with van der Waals surface area (Å²) in [5.74, 6) is 0. The summed E-state index contributed by atoms with van der Waals surface area (Å²) in [6.07, 6.45) is 5.84. The van der Waals surface area contributed by atoms with Gasteiger partial charge in [-0.15, -0.1) is 6.04 Å². The van der Waals surface area contributed by atoms with Gasteiger partial charge >= 0.3 is 0 Å². The molecule has 1 unspecified atom stereocenters. The van der Waals surface area contributed by atoms with E-state index in [2.05, 4.69) is 18.7 Å². The second-order valence-electron chi connectivity index (χ2n) is 2.23. The fraction of sp³-hybridized carbons (Fsp3) is 0.714. The van der Waals surface area contributed by atoms with Gasteiger partial charge in [0, 0.05) is 32.7 Å². The molecule has 0 aromatic heterocycles. The van der Waals surface area contributed by atoms with Crippen LogP contribution in [0.5, 0.6) is 0 Å². The first kappa shape index (κ1) is 10.1. The Labute approximate surface area is 82.9 Å². The minimum absolute atomic E-state index is 0. The third-order valence-corrected chi connectivity index (χ3v) is 1.52. The molecule has 1 fully saturated rings. The van der Waals surface area contributed by atoms with Crippen LogP contribution < -0.4 is 5.32 Å². The Bertz CT molecular complexity index is 59.9. The number of hydrogen-bond acceptors (Lipinski definition) is 1. The van der Waals surface area contributed by atoms with E-state index in [1.807, 2.05) is 0 Å². The van der Waals surface area contributed by atoms with E-state index in [1.165, 1.54) is 19.4 Å². The summed E-state index contributed by atoms with van der Waals surface area (Å²) in [5, 5.41) is 3.36. The Hall–Kier alpha value is 1.06. The van der Waals surface area contributed by atoms with Crippen molar-refractivity contribution < 1.29 is 32.7 Å². The summed E-state index contributed by atoms with van der Waals surface area (Å²) in [6, 6.07) is 0.674. The molecule has 0 spiro atoms. The maximum absolute atomic E-state index is 3.79. The predicted octanol–water partition coefficient (Wildman–Crippen LogP) is 1.16. The standard InChI is InChI=1S/C7H13N.Y/c1-2-4-7-5-3-6-8-7;/h5,7-8H,1-4,6H2;/q-2;. The number of rotatable bonds is 2. The van der Waals surface area contributed by atoms with Gasteiger partial charge in [0.1, 0.15) is 0 Å². The van der Waals surface area contributed by atoms with Crippen molar-refractivity contribution in [1.82, 2.24) is 5.32 Å². The second kappa shape index (κ2) is 5.82. The van der Waals surface area contributed by atoms with Gasteiger partial charge in [-0.1, -0.05) is 6.42 Å². The summed E-state index contributed by atoms with van der Waals surface area (Å²) in [6.45, 7) is 4.96. The zero-order valence-electron chi connectivity index (χ0n) is 5.77. The number of nitrogens with one attached hydrogen (secondary N) is 1. The van der Waals surface area contributed by atoms with Gasteiger partial charge in [0.05, 0.1) is 0 Å². The molecule has 51 valence electrons. The molecule has 1 saturated heterocycles. The van der Waals surface area contributed by atoms with Crippen molar-refractivity contribution in [3.63, 3.8) is 0 Å². The quantitative estimate of drug-likeness (QED) is 0.659. The van der Waals surface area contributed by atoms with E-state index >= 15 is 0 Å². The fourth-order valence-electron chi connectivity index (χ4n) is 1.08. The van der Waals surface area contributed by atoms with Crippen molar-refractivity contribution in [2.75, 3.05) is 6.54 Å². The van der Waals surface area contributed by atoms with E-state index in [0.717, 1.165) is 6.42 Å².